The average Bonchev–Trinajstić information content (AvgIpc) is 2.65. The Bertz CT molecular complexity index is 392. The number of hydrogen-bond donors (Lipinski definition) is 3. The average molecular weight is 238 g/mol. The van der Waals surface area contributed by atoms with Crippen molar-refractivity contribution in [3.05, 3.63) is 23.0 Å². The van der Waals surface area contributed by atoms with Gasteiger partial charge in [0.2, 0.25) is 0 Å². The Morgan fingerprint density at radius 1 is 1.41 bits per heavy atom. The van der Waals surface area contributed by atoms with Crippen LogP contribution in [0.1, 0.15) is 48.4 Å². The van der Waals surface area contributed by atoms with E-state index in [1.807, 2.05) is 33.8 Å². The van der Waals surface area contributed by atoms with Crippen molar-refractivity contribution in [3.8, 4) is 0 Å². The van der Waals surface area contributed by atoms with Gasteiger partial charge in [-0.3, -0.25) is 4.79 Å². The predicted octanol–water partition coefficient (Wildman–Crippen LogP) is 1.91. The summed E-state index contributed by atoms with van der Waals surface area (Å²) in [6, 6.07) is 1.93. The lowest BCUT2D eigenvalue weighted by Crippen LogP contribution is -2.42. The first-order chi connectivity index (χ1) is 7.91. The molecule has 0 radical (unpaired) electrons. The number of amides is 1. The van der Waals surface area contributed by atoms with Crippen molar-refractivity contribution in [1.82, 2.24) is 10.3 Å². The molecule has 0 aliphatic carbocycles. The Morgan fingerprint density at radius 2 is 2.00 bits per heavy atom. The summed E-state index contributed by atoms with van der Waals surface area (Å²) < 4.78 is 0. The maximum absolute atomic E-state index is 11.9. The number of carbonyl (C=O) groups is 1. The number of hydrogen-bond acceptors (Lipinski definition) is 2. The second-order valence-corrected chi connectivity index (χ2v) is 4.62. The largest absolute Gasteiger partial charge is 0.388 e. The van der Waals surface area contributed by atoms with Crippen molar-refractivity contribution < 1.29 is 9.90 Å². The van der Waals surface area contributed by atoms with Crippen LogP contribution in [0.5, 0.6) is 0 Å². The Morgan fingerprint density at radius 3 is 2.41 bits per heavy atom. The summed E-state index contributed by atoms with van der Waals surface area (Å²) in [5.74, 6) is -0.157. The summed E-state index contributed by atoms with van der Waals surface area (Å²) in [6.07, 6.45) is 1.26. The second kappa shape index (κ2) is 5.36. The van der Waals surface area contributed by atoms with E-state index in [0.717, 1.165) is 11.3 Å². The molecule has 96 valence electrons. The lowest BCUT2D eigenvalue weighted by Gasteiger charge is -2.25. The fourth-order valence-electron chi connectivity index (χ4n) is 1.80. The number of aryl methyl sites for hydroxylation is 2. The minimum Gasteiger partial charge on any atom is -0.388 e. The molecule has 1 aromatic heterocycles. The molecular weight excluding hydrogens is 216 g/mol. The molecule has 4 heteroatoms. The van der Waals surface area contributed by atoms with Crippen LogP contribution >= 0.6 is 0 Å². The van der Waals surface area contributed by atoms with Crippen LogP contribution in [0.3, 0.4) is 0 Å². The summed E-state index contributed by atoms with van der Waals surface area (Å²) >= 11 is 0. The highest BCUT2D eigenvalue weighted by Crippen LogP contribution is 2.14. The van der Waals surface area contributed by atoms with Crippen LogP contribution in [0.2, 0.25) is 0 Å². The van der Waals surface area contributed by atoms with Crippen LogP contribution in [-0.2, 0) is 0 Å². The highest BCUT2D eigenvalue weighted by atomic mass is 16.3. The lowest BCUT2D eigenvalue weighted by atomic mass is 9.97. The normalized spacial score (nSPS) is 11.6. The quantitative estimate of drug-likeness (QED) is 0.733. The molecule has 1 aromatic rings. The summed E-state index contributed by atoms with van der Waals surface area (Å²) in [5, 5.41) is 12.8. The maximum Gasteiger partial charge on any atom is 0.268 e. The zero-order valence-corrected chi connectivity index (χ0v) is 11.1. The van der Waals surface area contributed by atoms with E-state index in [1.54, 1.807) is 0 Å². The van der Waals surface area contributed by atoms with E-state index in [4.69, 9.17) is 0 Å². The number of aromatic amines is 1. The lowest BCUT2D eigenvalue weighted by molar-refractivity contribution is 0.0313. The molecule has 1 heterocycles. The van der Waals surface area contributed by atoms with E-state index < -0.39 is 5.60 Å². The van der Waals surface area contributed by atoms with Crippen LogP contribution in [-0.4, -0.2) is 28.1 Å². The van der Waals surface area contributed by atoms with Crippen molar-refractivity contribution in [1.29, 1.82) is 0 Å². The molecule has 4 nitrogen and oxygen atoms in total. The van der Waals surface area contributed by atoms with Gasteiger partial charge in [0.15, 0.2) is 0 Å². The van der Waals surface area contributed by atoms with Gasteiger partial charge in [0.25, 0.3) is 5.91 Å². The Labute approximate surface area is 102 Å². The van der Waals surface area contributed by atoms with E-state index in [1.165, 1.54) is 0 Å². The Hall–Kier alpha value is -1.29. The molecule has 0 fully saturated rings. The van der Waals surface area contributed by atoms with E-state index in [0.29, 0.717) is 18.5 Å². The molecule has 0 aromatic carbocycles. The number of aliphatic hydroxyl groups is 1. The third kappa shape index (κ3) is 3.33. The van der Waals surface area contributed by atoms with Gasteiger partial charge < -0.3 is 15.4 Å². The molecule has 0 atom stereocenters. The number of carbonyl (C=O) groups excluding carboxylic acids is 1. The smallest absolute Gasteiger partial charge is 0.268 e. The SMILES string of the molecule is CCC(O)(CC)CNC(=O)c1[nH]c(C)cc1C. The molecular formula is C13H22N2O2. The van der Waals surface area contributed by atoms with Crippen molar-refractivity contribution >= 4 is 5.91 Å². The summed E-state index contributed by atoms with van der Waals surface area (Å²) in [6.45, 7) is 7.93. The van der Waals surface area contributed by atoms with Gasteiger partial charge in [-0.1, -0.05) is 13.8 Å². The van der Waals surface area contributed by atoms with Crippen LogP contribution in [0.4, 0.5) is 0 Å². The highest BCUT2D eigenvalue weighted by Gasteiger charge is 2.23. The van der Waals surface area contributed by atoms with Gasteiger partial charge in [0.05, 0.1) is 5.60 Å². The number of H-pyrrole nitrogens is 1. The fraction of sp³-hybridized carbons (Fsp3) is 0.615. The molecule has 0 aliphatic heterocycles. The van der Waals surface area contributed by atoms with Crippen molar-refractivity contribution in [2.24, 2.45) is 0 Å². The van der Waals surface area contributed by atoms with Crippen LogP contribution < -0.4 is 5.32 Å². The molecule has 0 unspecified atom stereocenters. The monoisotopic (exact) mass is 238 g/mol. The third-order valence-corrected chi connectivity index (χ3v) is 3.27. The third-order valence-electron chi connectivity index (χ3n) is 3.27. The van der Waals surface area contributed by atoms with E-state index in [-0.39, 0.29) is 12.5 Å². The van der Waals surface area contributed by atoms with Crippen LogP contribution in [0.25, 0.3) is 0 Å². The topological polar surface area (TPSA) is 65.1 Å². The van der Waals surface area contributed by atoms with Gasteiger partial charge in [-0.2, -0.15) is 0 Å². The summed E-state index contributed by atoms with van der Waals surface area (Å²) in [7, 11) is 0. The highest BCUT2D eigenvalue weighted by molar-refractivity contribution is 5.94. The first kappa shape index (κ1) is 13.8. The van der Waals surface area contributed by atoms with Gasteiger partial charge in [0.1, 0.15) is 5.69 Å². The van der Waals surface area contributed by atoms with Crippen molar-refractivity contribution in [3.63, 3.8) is 0 Å². The predicted molar refractivity (Wildman–Crippen MR) is 68.1 cm³/mol. The molecule has 0 bridgehead atoms. The number of rotatable bonds is 5. The first-order valence-electron chi connectivity index (χ1n) is 6.08. The Balaban J connectivity index is 2.65. The standard InChI is InChI=1S/C13H22N2O2/c1-5-13(17,6-2)8-14-12(16)11-9(3)7-10(4)15-11/h7,15,17H,5-6,8H2,1-4H3,(H,14,16). The van der Waals surface area contributed by atoms with Crippen molar-refractivity contribution in [2.45, 2.75) is 46.1 Å². The summed E-state index contributed by atoms with van der Waals surface area (Å²) in [4.78, 5) is 14.9. The minimum absolute atomic E-state index is 0.157. The molecule has 17 heavy (non-hydrogen) atoms. The van der Waals surface area contributed by atoms with Crippen LogP contribution in [0, 0.1) is 13.8 Å². The van der Waals surface area contributed by atoms with Gasteiger partial charge >= 0.3 is 0 Å². The van der Waals surface area contributed by atoms with Crippen molar-refractivity contribution in [2.75, 3.05) is 6.54 Å². The van der Waals surface area contributed by atoms with Gasteiger partial charge in [-0.05, 0) is 38.3 Å². The summed E-state index contributed by atoms with van der Waals surface area (Å²) in [5.41, 5.74) is 1.67. The number of aromatic nitrogens is 1. The molecule has 3 N–H and O–H groups in total. The zero-order chi connectivity index (χ0) is 13.1. The van der Waals surface area contributed by atoms with Crippen LogP contribution in [0.15, 0.2) is 6.07 Å². The molecule has 1 rings (SSSR count). The van der Waals surface area contributed by atoms with Gasteiger partial charge in [-0.25, -0.2) is 0 Å². The zero-order valence-electron chi connectivity index (χ0n) is 11.1. The first-order valence-corrected chi connectivity index (χ1v) is 6.08. The molecule has 0 aliphatic rings. The molecule has 0 spiro atoms. The van der Waals surface area contributed by atoms with E-state index >= 15 is 0 Å². The Kier molecular flexibility index (Phi) is 4.34. The van der Waals surface area contributed by atoms with Gasteiger partial charge in [-0.15, -0.1) is 0 Å². The minimum atomic E-state index is -0.800. The molecule has 0 saturated heterocycles. The van der Waals surface area contributed by atoms with E-state index in [2.05, 4.69) is 10.3 Å². The fourth-order valence-corrected chi connectivity index (χ4v) is 1.80. The molecule has 0 saturated carbocycles. The second-order valence-electron chi connectivity index (χ2n) is 4.62. The molecule has 1 amide bonds. The maximum atomic E-state index is 11.9. The number of nitrogens with one attached hydrogen (secondary N) is 2. The van der Waals surface area contributed by atoms with E-state index in [9.17, 15) is 9.90 Å². The van der Waals surface area contributed by atoms with Gasteiger partial charge in [0, 0.05) is 12.2 Å².